The van der Waals surface area contributed by atoms with Crippen molar-refractivity contribution in [3.05, 3.63) is 70.7 Å². The van der Waals surface area contributed by atoms with Crippen LogP contribution in [0.15, 0.2) is 54.6 Å². The van der Waals surface area contributed by atoms with Crippen LogP contribution in [0.1, 0.15) is 58.1 Å². The molecule has 1 aliphatic heterocycles. The predicted molar refractivity (Wildman–Crippen MR) is 180 cm³/mol. The fourth-order valence-corrected chi connectivity index (χ4v) is 5.89. The maximum absolute atomic E-state index is 14.0. The zero-order valence-electron chi connectivity index (χ0n) is 28.2. The van der Waals surface area contributed by atoms with Crippen molar-refractivity contribution in [2.45, 2.75) is 83.0 Å². The number of carboxylic acids is 1. The number of methoxy groups -OCH3 is 1. The Balaban J connectivity index is 1.84. The lowest BCUT2D eigenvalue weighted by molar-refractivity contribution is -0.146. The third kappa shape index (κ3) is 12.1. The first kappa shape index (κ1) is 38.3. The number of rotatable bonds is 14. The minimum atomic E-state index is -1.13. The molecule has 13 heteroatoms. The van der Waals surface area contributed by atoms with Gasteiger partial charge in [0.15, 0.2) is 0 Å². The normalized spacial score (nSPS) is 18.2. The highest BCUT2D eigenvalue weighted by molar-refractivity contribution is 6.30. The Morgan fingerprint density at radius 2 is 1.65 bits per heavy atom. The molecule has 1 heterocycles. The summed E-state index contributed by atoms with van der Waals surface area (Å²) in [4.78, 5) is 66.6. The van der Waals surface area contributed by atoms with Gasteiger partial charge in [0.1, 0.15) is 17.7 Å². The monoisotopic (exact) mass is 686 g/mol. The standard InChI is InChI=1S/C35H47ClN4O8/c1-23(37-33(46)48-34(2,3)4)30(43)38-28(21-47-5)31(44)39-35(20-25-12-14-27(36)15-13-25)16-9-17-40(22-35)32(45)26(19-29(41)42)18-24-10-7-6-8-11-24/h6-8,10-15,23,26,28H,9,16-22H2,1-5H3,(H,37,46)(H,38,43)(H,39,44)(H,41,42)/t23-,26+,28-,35+/m0/s1. The summed E-state index contributed by atoms with van der Waals surface area (Å²) < 4.78 is 10.5. The van der Waals surface area contributed by atoms with Gasteiger partial charge in [-0.15, -0.1) is 0 Å². The average molecular weight is 687 g/mol. The first-order chi connectivity index (χ1) is 22.6. The van der Waals surface area contributed by atoms with Crippen molar-refractivity contribution in [3.63, 3.8) is 0 Å². The highest BCUT2D eigenvalue weighted by atomic mass is 35.5. The molecule has 3 rings (SSSR count). The zero-order chi connectivity index (χ0) is 35.5. The van der Waals surface area contributed by atoms with Crippen molar-refractivity contribution < 1.29 is 38.6 Å². The number of piperidine rings is 1. The molecule has 1 aliphatic rings. The van der Waals surface area contributed by atoms with Crippen LogP contribution in [0.25, 0.3) is 0 Å². The van der Waals surface area contributed by atoms with Crippen molar-refractivity contribution in [2.75, 3.05) is 26.8 Å². The van der Waals surface area contributed by atoms with Crippen molar-refractivity contribution >= 4 is 41.4 Å². The lowest BCUT2D eigenvalue weighted by Crippen LogP contribution is -2.65. The molecule has 0 unspecified atom stereocenters. The number of nitrogens with one attached hydrogen (secondary N) is 3. The highest BCUT2D eigenvalue weighted by Crippen LogP contribution is 2.29. The van der Waals surface area contributed by atoms with E-state index in [1.54, 1.807) is 37.8 Å². The molecule has 12 nitrogen and oxygen atoms in total. The number of hydrogen-bond donors (Lipinski definition) is 4. The van der Waals surface area contributed by atoms with Gasteiger partial charge in [0.25, 0.3) is 0 Å². The molecule has 0 radical (unpaired) electrons. The van der Waals surface area contributed by atoms with Gasteiger partial charge in [-0.25, -0.2) is 4.79 Å². The summed E-state index contributed by atoms with van der Waals surface area (Å²) in [6.07, 6.45) is 0.543. The number of carboxylic acid groups (broad SMARTS) is 1. The topological polar surface area (TPSA) is 163 Å². The molecule has 0 bridgehead atoms. The van der Waals surface area contributed by atoms with E-state index in [1.807, 2.05) is 42.5 Å². The van der Waals surface area contributed by atoms with E-state index in [0.717, 1.165) is 11.1 Å². The third-order valence-electron chi connectivity index (χ3n) is 7.92. The van der Waals surface area contributed by atoms with E-state index in [-0.39, 0.29) is 31.9 Å². The van der Waals surface area contributed by atoms with Crippen LogP contribution < -0.4 is 16.0 Å². The second-order valence-electron chi connectivity index (χ2n) is 13.3. The summed E-state index contributed by atoms with van der Waals surface area (Å²) in [5.74, 6) is -3.34. The number of carbonyl (C=O) groups excluding carboxylic acids is 4. The minimum absolute atomic E-state index is 0.120. The van der Waals surface area contributed by atoms with E-state index in [9.17, 15) is 29.1 Å². The van der Waals surface area contributed by atoms with Crippen LogP contribution in [0.2, 0.25) is 5.02 Å². The number of alkyl carbamates (subject to hydrolysis) is 1. The largest absolute Gasteiger partial charge is 0.481 e. The van der Waals surface area contributed by atoms with E-state index in [4.69, 9.17) is 21.1 Å². The van der Waals surface area contributed by atoms with Crippen LogP contribution in [0.5, 0.6) is 0 Å². The molecule has 262 valence electrons. The van der Waals surface area contributed by atoms with Crippen molar-refractivity contribution in [1.29, 1.82) is 0 Å². The predicted octanol–water partition coefficient (Wildman–Crippen LogP) is 3.74. The summed E-state index contributed by atoms with van der Waals surface area (Å²) >= 11 is 6.14. The molecule has 1 fully saturated rings. The molecule has 0 aromatic heterocycles. The summed E-state index contributed by atoms with van der Waals surface area (Å²) in [6, 6.07) is 14.3. The molecule has 0 aliphatic carbocycles. The minimum Gasteiger partial charge on any atom is -0.481 e. The van der Waals surface area contributed by atoms with Crippen molar-refractivity contribution in [1.82, 2.24) is 20.9 Å². The first-order valence-corrected chi connectivity index (χ1v) is 16.4. The van der Waals surface area contributed by atoms with Gasteiger partial charge < -0.3 is 35.4 Å². The fraction of sp³-hybridized carbons (Fsp3) is 0.514. The van der Waals surface area contributed by atoms with Gasteiger partial charge in [-0.2, -0.15) is 0 Å². The molecular weight excluding hydrogens is 640 g/mol. The van der Waals surface area contributed by atoms with Crippen molar-refractivity contribution in [2.24, 2.45) is 5.92 Å². The molecule has 4 amide bonds. The first-order valence-electron chi connectivity index (χ1n) is 16.0. The number of nitrogens with zero attached hydrogens (tertiary/aromatic N) is 1. The SMILES string of the molecule is COC[C@H](NC(=O)[C@H](C)NC(=O)OC(C)(C)C)C(=O)N[C@@]1(Cc2ccc(Cl)cc2)CCCN(C(=O)[C@@H](CC(=O)O)Cc2ccccc2)C1. The van der Waals surface area contributed by atoms with Gasteiger partial charge >= 0.3 is 12.1 Å². The van der Waals surface area contributed by atoms with Gasteiger partial charge in [-0.05, 0) is 76.6 Å². The van der Waals surface area contributed by atoms with Crippen LogP contribution >= 0.6 is 11.6 Å². The van der Waals surface area contributed by atoms with E-state index in [0.29, 0.717) is 30.8 Å². The molecule has 4 atom stereocenters. The number of ether oxygens (including phenoxy) is 2. The van der Waals surface area contributed by atoms with E-state index in [2.05, 4.69) is 16.0 Å². The second kappa shape index (κ2) is 17.3. The Hall–Kier alpha value is -4.16. The lowest BCUT2D eigenvalue weighted by Gasteiger charge is -2.45. The Morgan fingerprint density at radius 3 is 2.25 bits per heavy atom. The highest BCUT2D eigenvalue weighted by Gasteiger charge is 2.42. The van der Waals surface area contributed by atoms with Crippen molar-refractivity contribution in [3.8, 4) is 0 Å². The maximum Gasteiger partial charge on any atom is 0.408 e. The van der Waals surface area contributed by atoms with Crippen LogP contribution in [-0.4, -0.2) is 89.8 Å². The Bertz CT molecular complexity index is 1420. The molecular formula is C35H47ClN4O8. The average Bonchev–Trinajstić information content (AvgIpc) is 3.00. The van der Waals surface area contributed by atoms with Gasteiger partial charge in [0, 0.05) is 25.2 Å². The zero-order valence-corrected chi connectivity index (χ0v) is 29.0. The number of benzene rings is 2. The number of halogens is 1. The molecule has 0 spiro atoms. The van der Waals surface area contributed by atoms with Crippen LogP contribution in [-0.2, 0) is 41.5 Å². The molecule has 2 aromatic carbocycles. The molecule has 2 aromatic rings. The van der Waals surface area contributed by atoms with E-state index < -0.39 is 53.0 Å². The summed E-state index contributed by atoms with van der Waals surface area (Å²) in [7, 11) is 1.40. The lowest BCUT2D eigenvalue weighted by atomic mass is 9.82. The Kier molecular flexibility index (Phi) is 13.8. The van der Waals surface area contributed by atoms with Gasteiger partial charge in [-0.1, -0.05) is 54.1 Å². The number of likely N-dealkylation sites (tertiary alicyclic amines) is 1. The summed E-state index contributed by atoms with van der Waals surface area (Å²) in [6.45, 7) is 6.93. The van der Waals surface area contributed by atoms with E-state index in [1.165, 1.54) is 14.0 Å². The fourth-order valence-electron chi connectivity index (χ4n) is 5.76. The quantitative estimate of drug-likeness (QED) is 0.234. The smallest absolute Gasteiger partial charge is 0.408 e. The second-order valence-corrected chi connectivity index (χ2v) is 13.7. The third-order valence-corrected chi connectivity index (χ3v) is 8.17. The molecule has 4 N–H and O–H groups in total. The van der Waals surface area contributed by atoms with Crippen LogP contribution in [0.4, 0.5) is 4.79 Å². The number of aliphatic carboxylic acids is 1. The Labute approximate surface area is 286 Å². The molecule has 1 saturated heterocycles. The van der Waals surface area contributed by atoms with Crippen LogP contribution in [0.3, 0.4) is 0 Å². The van der Waals surface area contributed by atoms with E-state index >= 15 is 0 Å². The number of carbonyl (C=O) groups is 5. The number of hydrogen-bond acceptors (Lipinski definition) is 7. The van der Waals surface area contributed by atoms with Gasteiger partial charge in [0.05, 0.1) is 24.5 Å². The summed E-state index contributed by atoms with van der Waals surface area (Å²) in [5, 5.41) is 18.4. The number of amides is 4. The molecule has 48 heavy (non-hydrogen) atoms. The van der Waals surface area contributed by atoms with Gasteiger partial charge in [0.2, 0.25) is 17.7 Å². The summed E-state index contributed by atoms with van der Waals surface area (Å²) in [5.41, 5.74) is -0.0100. The Morgan fingerprint density at radius 1 is 0.979 bits per heavy atom. The molecule has 0 saturated carbocycles. The van der Waals surface area contributed by atoms with Crippen LogP contribution in [0, 0.1) is 5.92 Å². The maximum atomic E-state index is 14.0. The van der Waals surface area contributed by atoms with Gasteiger partial charge in [-0.3, -0.25) is 19.2 Å².